The maximum absolute atomic E-state index is 11.3. The zero-order valence-corrected chi connectivity index (χ0v) is 12.9. The number of halogens is 2. The first-order chi connectivity index (χ1) is 10.3. The molecule has 0 heterocycles. The van der Waals surface area contributed by atoms with Crippen LogP contribution in [0.5, 0.6) is 0 Å². The molecule has 2 aromatic carbocycles. The number of nitrogens with zero attached hydrogens (tertiary/aromatic N) is 1. The molecular formula is C14H11Cl2N3O3. The second kappa shape index (κ2) is 6.21. The average Bonchev–Trinajstić information content (AvgIpc) is 2.44. The van der Waals surface area contributed by atoms with Crippen molar-refractivity contribution in [1.82, 2.24) is 0 Å². The van der Waals surface area contributed by atoms with E-state index in [4.69, 9.17) is 28.9 Å². The highest BCUT2D eigenvalue weighted by Crippen LogP contribution is 2.34. The molecule has 114 valence electrons. The summed E-state index contributed by atoms with van der Waals surface area (Å²) < 4.78 is 0. The Bertz CT molecular complexity index is 755. The molecule has 0 aliphatic carbocycles. The number of nitro groups is 1. The number of ketones is 1. The van der Waals surface area contributed by atoms with Crippen LogP contribution in [0.15, 0.2) is 30.3 Å². The molecule has 0 saturated carbocycles. The number of hydrogen-bond acceptors (Lipinski definition) is 5. The molecule has 0 saturated heterocycles. The Kier molecular flexibility index (Phi) is 4.54. The van der Waals surface area contributed by atoms with Gasteiger partial charge in [0, 0.05) is 17.3 Å². The summed E-state index contributed by atoms with van der Waals surface area (Å²) in [6.07, 6.45) is 0. The van der Waals surface area contributed by atoms with Gasteiger partial charge in [0.15, 0.2) is 5.78 Å². The zero-order valence-electron chi connectivity index (χ0n) is 11.4. The number of hydrogen-bond donors (Lipinski definition) is 2. The number of benzene rings is 2. The number of nitrogen functional groups attached to an aromatic ring is 1. The van der Waals surface area contributed by atoms with E-state index in [0.717, 1.165) is 0 Å². The van der Waals surface area contributed by atoms with E-state index in [1.54, 1.807) is 0 Å². The van der Waals surface area contributed by atoms with E-state index in [2.05, 4.69) is 5.32 Å². The Hall–Kier alpha value is -2.31. The van der Waals surface area contributed by atoms with Gasteiger partial charge in [0.1, 0.15) is 5.69 Å². The molecule has 8 heteroatoms. The van der Waals surface area contributed by atoms with Crippen molar-refractivity contribution < 1.29 is 9.72 Å². The fourth-order valence-corrected chi connectivity index (χ4v) is 2.31. The van der Waals surface area contributed by atoms with Crippen molar-refractivity contribution in [3.8, 4) is 0 Å². The highest BCUT2D eigenvalue weighted by molar-refractivity contribution is 6.39. The van der Waals surface area contributed by atoms with Crippen molar-refractivity contribution >= 4 is 51.7 Å². The van der Waals surface area contributed by atoms with Crippen LogP contribution in [0.1, 0.15) is 17.3 Å². The predicted octanol–water partition coefficient (Wildman–Crippen LogP) is 4.43. The lowest BCUT2D eigenvalue weighted by molar-refractivity contribution is -0.383. The normalized spacial score (nSPS) is 10.3. The molecule has 0 aliphatic rings. The smallest absolute Gasteiger partial charge is 0.293 e. The van der Waals surface area contributed by atoms with Gasteiger partial charge in [-0.25, -0.2) is 0 Å². The average molecular weight is 340 g/mol. The summed E-state index contributed by atoms with van der Waals surface area (Å²) in [5, 5.41) is 14.5. The van der Waals surface area contributed by atoms with Crippen molar-refractivity contribution in [2.45, 2.75) is 6.92 Å². The Balaban J connectivity index is 2.45. The summed E-state index contributed by atoms with van der Waals surface area (Å²) in [6, 6.07) is 7.17. The summed E-state index contributed by atoms with van der Waals surface area (Å²) in [6.45, 7) is 1.34. The van der Waals surface area contributed by atoms with Crippen LogP contribution in [0.4, 0.5) is 22.7 Å². The highest BCUT2D eigenvalue weighted by atomic mass is 35.5. The van der Waals surface area contributed by atoms with E-state index in [-0.39, 0.29) is 38.5 Å². The Morgan fingerprint density at radius 1 is 1.23 bits per heavy atom. The van der Waals surface area contributed by atoms with Crippen molar-refractivity contribution in [3.05, 3.63) is 56.1 Å². The van der Waals surface area contributed by atoms with Crippen LogP contribution in [-0.2, 0) is 0 Å². The zero-order chi connectivity index (χ0) is 16.4. The fourth-order valence-electron chi connectivity index (χ4n) is 1.82. The third-order valence-electron chi connectivity index (χ3n) is 2.96. The van der Waals surface area contributed by atoms with Crippen molar-refractivity contribution in [1.29, 1.82) is 0 Å². The third-order valence-corrected chi connectivity index (χ3v) is 3.58. The minimum Gasteiger partial charge on any atom is -0.396 e. The molecular weight excluding hydrogens is 329 g/mol. The van der Waals surface area contributed by atoms with E-state index >= 15 is 0 Å². The molecule has 2 aromatic rings. The number of nitrogens with two attached hydrogens (primary N) is 1. The standard InChI is InChI=1S/C14H11Cl2N3O3/c1-7(20)8-2-3-12(13(4-8)19(21)22)18-9-5-10(15)14(17)11(16)6-9/h2-6,18H,17H2,1H3. The topological polar surface area (TPSA) is 98.3 Å². The minimum absolute atomic E-state index is 0.215. The first kappa shape index (κ1) is 16.1. The van der Waals surface area contributed by atoms with Crippen molar-refractivity contribution in [3.63, 3.8) is 0 Å². The van der Waals surface area contributed by atoms with Gasteiger partial charge in [-0.3, -0.25) is 14.9 Å². The number of carbonyl (C=O) groups excluding carboxylic acids is 1. The fraction of sp³-hybridized carbons (Fsp3) is 0.0714. The van der Waals surface area contributed by atoms with Gasteiger partial charge in [0.05, 0.1) is 20.7 Å². The third kappa shape index (κ3) is 3.29. The van der Waals surface area contributed by atoms with Gasteiger partial charge >= 0.3 is 0 Å². The van der Waals surface area contributed by atoms with Crippen LogP contribution in [-0.4, -0.2) is 10.7 Å². The second-order valence-electron chi connectivity index (χ2n) is 4.52. The van der Waals surface area contributed by atoms with Gasteiger partial charge in [-0.2, -0.15) is 0 Å². The van der Waals surface area contributed by atoms with Crippen LogP contribution in [0.3, 0.4) is 0 Å². The highest BCUT2D eigenvalue weighted by Gasteiger charge is 2.17. The first-order valence-corrected chi connectivity index (χ1v) is 6.86. The number of nitrogens with one attached hydrogen (secondary N) is 1. The molecule has 0 aromatic heterocycles. The molecule has 6 nitrogen and oxygen atoms in total. The number of rotatable bonds is 4. The molecule has 0 spiro atoms. The van der Waals surface area contributed by atoms with E-state index in [0.29, 0.717) is 5.69 Å². The lowest BCUT2D eigenvalue weighted by Crippen LogP contribution is -2.01. The van der Waals surface area contributed by atoms with Crippen LogP contribution >= 0.6 is 23.2 Å². The lowest BCUT2D eigenvalue weighted by Gasteiger charge is -2.10. The molecule has 0 fully saturated rings. The van der Waals surface area contributed by atoms with Crippen LogP contribution in [0, 0.1) is 10.1 Å². The number of Topliss-reactive ketones (excluding diaryl/α,β-unsaturated/α-hetero) is 1. The molecule has 0 unspecified atom stereocenters. The number of nitro benzene ring substituents is 1. The van der Waals surface area contributed by atoms with Gasteiger partial charge in [0.2, 0.25) is 0 Å². The number of carbonyl (C=O) groups is 1. The summed E-state index contributed by atoms with van der Waals surface area (Å²) in [7, 11) is 0. The summed E-state index contributed by atoms with van der Waals surface area (Å²) >= 11 is 11.9. The summed E-state index contributed by atoms with van der Waals surface area (Å²) in [4.78, 5) is 21.9. The maximum atomic E-state index is 11.3. The van der Waals surface area contributed by atoms with E-state index < -0.39 is 4.92 Å². The van der Waals surface area contributed by atoms with Gasteiger partial charge in [-0.15, -0.1) is 0 Å². The molecule has 0 amide bonds. The molecule has 0 bridgehead atoms. The second-order valence-corrected chi connectivity index (χ2v) is 5.34. The summed E-state index contributed by atoms with van der Waals surface area (Å²) in [5.74, 6) is -0.256. The van der Waals surface area contributed by atoms with E-state index in [1.165, 1.54) is 37.3 Å². The predicted molar refractivity (Wildman–Crippen MR) is 87.3 cm³/mol. The monoisotopic (exact) mass is 339 g/mol. The van der Waals surface area contributed by atoms with Crippen LogP contribution in [0.2, 0.25) is 10.0 Å². The lowest BCUT2D eigenvalue weighted by atomic mass is 10.1. The molecule has 3 N–H and O–H groups in total. The molecule has 0 aliphatic heterocycles. The van der Waals surface area contributed by atoms with Gasteiger partial charge in [-0.1, -0.05) is 23.2 Å². The first-order valence-electron chi connectivity index (χ1n) is 6.10. The maximum Gasteiger partial charge on any atom is 0.293 e. The molecule has 0 radical (unpaired) electrons. The minimum atomic E-state index is -0.574. The Morgan fingerprint density at radius 3 is 2.32 bits per heavy atom. The van der Waals surface area contributed by atoms with E-state index in [9.17, 15) is 14.9 Å². The van der Waals surface area contributed by atoms with Crippen LogP contribution in [0.25, 0.3) is 0 Å². The Labute approximate surface area is 136 Å². The van der Waals surface area contributed by atoms with Crippen LogP contribution < -0.4 is 11.1 Å². The largest absolute Gasteiger partial charge is 0.396 e. The number of anilines is 3. The van der Waals surface area contributed by atoms with E-state index in [1.807, 2.05) is 0 Å². The Morgan fingerprint density at radius 2 is 1.82 bits per heavy atom. The van der Waals surface area contributed by atoms with Crippen molar-refractivity contribution in [2.75, 3.05) is 11.1 Å². The van der Waals surface area contributed by atoms with Gasteiger partial charge < -0.3 is 11.1 Å². The molecule has 0 atom stereocenters. The quantitative estimate of drug-likeness (QED) is 0.371. The van der Waals surface area contributed by atoms with Gasteiger partial charge in [-0.05, 0) is 31.2 Å². The molecule has 2 rings (SSSR count). The van der Waals surface area contributed by atoms with Gasteiger partial charge in [0.25, 0.3) is 5.69 Å². The van der Waals surface area contributed by atoms with Crippen molar-refractivity contribution in [2.24, 2.45) is 0 Å². The molecule has 22 heavy (non-hydrogen) atoms. The summed E-state index contributed by atoms with van der Waals surface area (Å²) in [5.41, 5.74) is 6.56. The SMILES string of the molecule is CC(=O)c1ccc(Nc2cc(Cl)c(N)c(Cl)c2)c([N+](=O)[O-])c1.